The Balaban J connectivity index is 1.93. The Morgan fingerprint density at radius 2 is 2.16 bits per heavy atom. The second kappa shape index (κ2) is 5.07. The van der Waals surface area contributed by atoms with E-state index in [9.17, 15) is 4.79 Å². The Morgan fingerprint density at radius 3 is 2.79 bits per heavy atom. The van der Waals surface area contributed by atoms with Crippen LogP contribution in [0.2, 0.25) is 0 Å². The summed E-state index contributed by atoms with van der Waals surface area (Å²) in [6, 6.07) is 5.30. The van der Waals surface area contributed by atoms with E-state index >= 15 is 0 Å². The molecule has 0 radical (unpaired) electrons. The van der Waals surface area contributed by atoms with E-state index in [1.165, 1.54) is 11.3 Å². The van der Waals surface area contributed by atoms with Gasteiger partial charge in [-0.3, -0.25) is 0 Å². The number of carbonyl (C=O) groups is 1. The van der Waals surface area contributed by atoms with E-state index in [1.54, 1.807) is 18.2 Å². The summed E-state index contributed by atoms with van der Waals surface area (Å²) in [6.07, 6.45) is 1.68. The van der Waals surface area contributed by atoms with Crippen LogP contribution in [0.15, 0.2) is 47.8 Å². The minimum atomic E-state index is -0.480. The van der Waals surface area contributed by atoms with Gasteiger partial charge in [0.1, 0.15) is 0 Å². The Hall–Kier alpha value is -1.18. The summed E-state index contributed by atoms with van der Waals surface area (Å²) in [5.74, 6) is 0.112. The van der Waals surface area contributed by atoms with Gasteiger partial charge in [0.2, 0.25) is 0 Å². The van der Waals surface area contributed by atoms with Crippen molar-refractivity contribution in [3.05, 3.63) is 49.1 Å². The lowest BCUT2D eigenvalue weighted by molar-refractivity contribution is -0.130. The zero-order valence-electron chi connectivity index (χ0n) is 9.22. The molecule has 4 nitrogen and oxygen atoms in total. The average molecular weight is 403 g/mol. The Bertz CT molecular complexity index is 714. The van der Waals surface area contributed by atoms with Crippen LogP contribution in [0.25, 0.3) is 6.08 Å². The first-order valence-electron chi connectivity index (χ1n) is 5.14. The van der Waals surface area contributed by atoms with Crippen LogP contribution >= 0.6 is 43.2 Å². The molecule has 0 N–H and O–H groups in total. The molecule has 0 amide bonds. The number of hydrogen-bond donors (Lipinski definition) is 0. The Kier molecular flexibility index (Phi) is 3.42. The second-order valence-corrected chi connectivity index (χ2v) is 6.25. The number of halogens is 2. The van der Waals surface area contributed by atoms with Crippen molar-refractivity contribution in [2.45, 2.75) is 0 Å². The number of cyclic esters (lactones) is 1. The Morgan fingerprint density at radius 1 is 1.32 bits per heavy atom. The number of thiophene rings is 1. The first kappa shape index (κ1) is 12.8. The number of ether oxygens (including phenoxy) is 1. The number of nitrogens with zero attached hydrogens (tertiary/aromatic N) is 1. The first-order chi connectivity index (χ1) is 9.11. The van der Waals surface area contributed by atoms with Crippen LogP contribution < -0.4 is 0 Å². The van der Waals surface area contributed by atoms with E-state index in [4.69, 9.17) is 9.15 Å². The van der Waals surface area contributed by atoms with Crippen molar-refractivity contribution < 1.29 is 13.9 Å². The molecule has 0 saturated carbocycles. The van der Waals surface area contributed by atoms with Crippen LogP contribution in [-0.4, -0.2) is 11.9 Å². The molecule has 1 aliphatic rings. The fourth-order valence-corrected chi connectivity index (χ4v) is 3.16. The SMILES string of the molecule is O=C1OC(c2ccc(Br)o2)=N/C1=C/c1cc(Br)cs1. The molecular weight excluding hydrogens is 398 g/mol. The Labute approximate surface area is 129 Å². The molecule has 2 aromatic rings. The molecule has 7 heteroatoms. The first-order valence-corrected chi connectivity index (χ1v) is 7.61. The molecule has 96 valence electrons. The lowest BCUT2D eigenvalue weighted by Crippen LogP contribution is -2.04. The smallest absolute Gasteiger partial charge is 0.363 e. The predicted molar refractivity (Wildman–Crippen MR) is 79.0 cm³/mol. The summed E-state index contributed by atoms with van der Waals surface area (Å²) in [5, 5.41) is 1.93. The van der Waals surface area contributed by atoms with Crippen LogP contribution in [0, 0.1) is 0 Å². The highest BCUT2D eigenvalue weighted by Gasteiger charge is 2.26. The fraction of sp³-hybridized carbons (Fsp3) is 0. The van der Waals surface area contributed by atoms with Gasteiger partial charge in [0.05, 0.1) is 0 Å². The summed E-state index contributed by atoms with van der Waals surface area (Å²) in [4.78, 5) is 16.8. The van der Waals surface area contributed by atoms with E-state index < -0.39 is 5.97 Å². The third kappa shape index (κ3) is 2.72. The molecule has 1 aliphatic heterocycles. The number of esters is 1. The maximum atomic E-state index is 11.7. The van der Waals surface area contributed by atoms with Gasteiger partial charge in [0.25, 0.3) is 5.90 Å². The molecule has 0 unspecified atom stereocenters. The molecule has 0 spiro atoms. The second-order valence-electron chi connectivity index (χ2n) is 3.61. The van der Waals surface area contributed by atoms with E-state index in [0.717, 1.165) is 9.35 Å². The van der Waals surface area contributed by atoms with Gasteiger partial charge in [-0.1, -0.05) is 0 Å². The van der Waals surface area contributed by atoms with Gasteiger partial charge in [-0.05, 0) is 56.1 Å². The number of furan rings is 1. The summed E-state index contributed by atoms with van der Waals surface area (Å²) >= 11 is 8.05. The minimum Gasteiger partial charge on any atom is -0.444 e. The molecule has 0 saturated heterocycles. The highest BCUT2D eigenvalue weighted by Crippen LogP contribution is 2.25. The van der Waals surface area contributed by atoms with Crippen LogP contribution in [0.4, 0.5) is 0 Å². The van der Waals surface area contributed by atoms with Crippen LogP contribution in [0.3, 0.4) is 0 Å². The van der Waals surface area contributed by atoms with Gasteiger partial charge in [0, 0.05) is 14.7 Å². The number of rotatable bonds is 2. The van der Waals surface area contributed by atoms with E-state index in [2.05, 4.69) is 36.9 Å². The summed E-state index contributed by atoms with van der Waals surface area (Å²) in [7, 11) is 0. The highest BCUT2D eigenvalue weighted by molar-refractivity contribution is 9.10. The minimum absolute atomic E-state index is 0.178. The van der Waals surface area contributed by atoms with Crippen molar-refractivity contribution in [2.24, 2.45) is 4.99 Å². The fourth-order valence-electron chi connectivity index (χ4n) is 1.48. The van der Waals surface area contributed by atoms with Crippen molar-refractivity contribution in [1.82, 2.24) is 0 Å². The maximum absolute atomic E-state index is 11.7. The topological polar surface area (TPSA) is 51.8 Å². The van der Waals surface area contributed by atoms with Crippen molar-refractivity contribution in [3.8, 4) is 0 Å². The zero-order valence-corrected chi connectivity index (χ0v) is 13.2. The van der Waals surface area contributed by atoms with Gasteiger partial charge >= 0.3 is 5.97 Å². The third-order valence-corrected chi connectivity index (χ3v) is 4.34. The molecular formula is C12H5Br2NO3S. The van der Waals surface area contributed by atoms with E-state index in [-0.39, 0.29) is 11.6 Å². The lowest BCUT2D eigenvalue weighted by atomic mass is 10.3. The molecule has 2 aromatic heterocycles. The molecule has 0 bridgehead atoms. The summed E-state index contributed by atoms with van der Waals surface area (Å²) in [6.45, 7) is 0. The molecule has 0 atom stereocenters. The quantitative estimate of drug-likeness (QED) is 0.558. The number of aliphatic imine (C=N–C) groups is 1. The molecule has 3 heterocycles. The number of carbonyl (C=O) groups excluding carboxylic acids is 1. The van der Waals surface area contributed by atoms with Crippen LogP contribution in [0.5, 0.6) is 0 Å². The largest absolute Gasteiger partial charge is 0.444 e. The average Bonchev–Trinajstić information content (AvgIpc) is 3.03. The monoisotopic (exact) mass is 401 g/mol. The molecule has 0 fully saturated rings. The predicted octanol–water partition coefficient (Wildman–Crippen LogP) is 4.21. The standard InChI is InChI=1S/C12H5Br2NO3S/c13-6-3-7(19-5-6)4-8-12(16)18-11(15-8)9-1-2-10(14)17-9/h1-5H/b8-4+. The molecule has 0 aromatic carbocycles. The van der Waals surface area contributed by atoms with Gasteiger partial charge < -0.3 is 9.15 Å². The van der Waals surface area contributed by atoms with Gasteiger partial charge in [-0.2, -0.15) is 0 Å². The summed E-state index contributed by atoms with van der Waals surface area (Å²) in [5.41, 5.74) is 0.261. The number of hydrogen-bond acceptors (Lipinski definition) is 5. The molecule has 0 aliphatic carbocycles. The third-order valence-electron chi connectivity index (χ3n) is 2.27. The highest BCUT2D eigenvalue weighted by atomic mass is 79.9. The zero-order chi connectivity index (χ0) is 13.4. The van der Waals surface area contributed by atoms with Crippen LogP contribution in [-0.2, 0) is 9.53 Å². The van der Waals surface area contributed by atoms with Crippen molar-refractivity contribution in [1.29, 1.82) is 0 Å². The summed E-state index contributed by atoms with van der Waals surface area (Å²) < 4.78 is 11.9. The van der Waals surface area contributed by atoms with E-state index in [0.29, 0.717) is 10.4 Å². The normalized spacial score (nSPS) is 16.8. The van der Waals surface area contributed by atoms with Gasteiger partial charge in [0.15, 0.2) is 16.1 Å². The van der Waals surface area contributed by atoms with Gasteiger partial charge in [-0.15, -0.1) is 11.3 Å². The van der Waals surface area contributed by atoms with Gasteiger partial charge in [-0.25, -0.2) is 9.79 Å². The van der Waals surface area contributed by atoms with Crippen molar-refractivity contribution in [2.75, 3.05) is 0 Å². The molecule has 19 heavy (non-hydrogen) atoms. The molecule has 3 rings (SSSR count). The maximum Gasteiger partial charge on any atom is 0.363 e. The van der Waals surface area contributed by atoms with E-state index in [1.807, 2.05) is 11.4 Å². The lowest BCUT2D eigenvalue weighted by Gasteiger charge is -1.92. The van der Waals surface area contributed by atoms with Crippen molar-refractivity contribution >= 4 is 61.1 Å². The van der Waals surface area contributed by atoms with Crippen molar-refractivity contribution in [3.63, 3.8) is 0 Å². The van der Waals surface area contributed by atoms with Crippen LogP contribution in [0.1, 0.15) is 10.6 Å².